The number of pyridine rings is 2. The van der Waals surface area contributed by atoms with E-state index in [-0.39, 0.29) is 0 Å². The van der Waals surface area contributed by atoms with E-state index < -0.39 is 0 Å². The highest BCUT2D eigenvalue weighted by molar-refractivity contribution is 5.63. The number of ether oxygens (including phenoxy) is 1. The second kappa shape index (κ2) is 8.50. The van der Waals surface area contributed by atoms with Crippen molar-refractivity contribution in [3.8, 4) is 34.0 Å². The summed E-state index contributed by atoms with van der Waals surface area (Å²) in [4.78, 5) is 9.38. The van der Waals surface area contributed by atoms with Crippen LogP contribution in [0.5, 0.6) is 11.5 Å². The lowest BCUT2D eigenvalue weighted by Gasteiger charge is -2.10. The number of aromatic nitrogens is 2. The Morgan fingerprint density at radius 2 is 1.10 bits per heavy atom. The van der Waals surface area contributed by atoms with Crippen LogP contribution in [-0.2, 0) is 12.8 Å². The summed E-state index contributed by atoms with van der Waals surface area (Å²) in [5.74, 6) is 1.60. The molecule has 0 saturated carbocycles. The van der Waals surface area contributed by atoms with E-state index in [1.54, 1.807) is 0 Å². The fraction of sp³-hybridized carbons (Fsp3) is 0.185. The van der Waals surface area contributed by atoms with Crippen LogP contribution >= 0.6 is 0 Å². The van der Waals surface area contributed by atoms with Crippen LogP contribution in [0.3, 0.4) is 0 Å². The molecule has 2 aromatic carbocycles. The molecule has 2 aromatic heterocycles. The van der Waals surface area contributed by atoms with E-state index in [0.717, 1.165) is 46.9 Å². The van der Waals surface area contributed by atoms with Crippen LogP contribution in [0, 0.1) is 0 Å². The molecule has 0 N–H and O–H groups in total. The van der Waals surface area contributed by atoms with Crippen molar-refractivity contribution in [3.05, 3.63) is 96.3 Å². The van der Waals surface area contributed by atoms with Crippen molar-refractivity contribution in [2.45, 2.75) is 32.1 Å². The Labute approximate surface area is 177 Å². The molecule has 0 radical (unpaired) electrons. The molecule has 0 unspecified atom stereocenters. The molecule has 8 bridgehead atoms. The van der Waals surface area contributed by atoms with Gasteiger partial charge in [0.25, 0.3) is 0 Å². The quantitative estimate of drug-likeness (QED) is 0.327. The van der Waals surface area contributed by atoms with Crippen LogP contribution in [0.2, 0.25) is 0 Å². The lowest BCUT2D eigenvalue weighted by Crippen LogP contribution is -1.93. The second-order valence-corrected chi connectivity index (χ2v) is 7.82. The van der Waals surface area contributed by atoms with E-state index in [2.05, 4.69) is 36.4 Å². The van der Waals surface area contributed by atoms with E-state index >= 15 is 0 Å². The molecule has 8 rings (SSSR count). The number of hydrogen-bond donors (Lipinski definition) is 0. The van der Waals surface area contributed by atoms with Gasteiger partial charge in [0.1, 0.15) is 11.5 Å². The SMILES string of the molecule is c1cc2cc(c1)-c1ccc(cn1)CCCCCc1ccc(nc1)-c1cccc(c1)O2. The Morgan fingerprint density at radius 3 is 1.57 bits per heavy atom. The molecule has 4 aliphatic rings. The third-order valence-electron chi connectivity index (χ3n) is 5.58. The van der Waals surface area contributed by atoms with Crippen molar-refractivity contribution in [2.75, 3.05) is 0 Å². The number of hydrogen-bond acceptors (Lipinski definition) is 3. The maximum Gasteiger partial charge on any atom is 0.128 e. The van der Waals surface area contributed by atoms with Crippen LogP contribution in [-0.4, -0.2) is 9.97 Å². The highest BCUT2D eigenvalue weighted by Crippen LogP contribution is 2.29. The van der Waals surface area contributed by atoms with E-state index in [4.69, 9.17) is 14.7 Å². The summed E-state index contributed by atoms with van der Waals surface area (Å²) >= 11 is 0. The van der Waals surface area contributed by atoms with Crippen LogP contribution in [0.4, 0.5) is 0 Å². The lowest BCUT2D eigenvalue weighted by molar-refractivity contribution is 0.483. The Hall–Kier alpha value is -3.46. The molecule has 0 spiro atoms. The average Bonchev–Trinajstić information content (AvgIpc) is 2.80. The molecule has 3 heteroatoms. The molecule has 0 aliphatic carbocycles. The maximum absolute atomic E-state index is 6.16. The smallest absolute Gasteiger partial charge is 0.128 e. The second-order valence-electron chi connectivity index (χ2n) is 7.82. The largest absolute Gasteiger partial charge is 0.457 e. The first-order valence-corrected chi connectivity index (χ1v) is 10.6. The zero-order valence-electron chi connectivity index (χ0n) is 16.9. The van der Waals surface area contributed by atoms with Crippen LogP contribution in [0.1, 0.15) is 30.4 Å². The van der Waals surface area contributed by atoms with Gasteiger partial charge in [0.15, 0.2) is 0 Å². The van der Waals surface area contributed by atoms with Crippen molar-refractivity contribution >= 4 is 0 Å². The van der Waals surface area contributed by atoms with Gasteiger partial charge in [0.2, 0.25) is 0 Å². The average molecular weight is 393 g/mol. The van der Waals surface area contributed by atoms with Crippen LogP contribution < -0.4 is 4.74 Å². The first kappa shape index (κ1) is 18.6. The predicted molar refractivity (Wildman–Crippen MR) is 121 cm³/mol. The van der Waals surface area contributed by atoms with Crippen LogP contribution in [0.25, 0.3) is 22.5 Å². The van der Waals surface area contributed by atoms with Crippen molar-refractivity contribution in [3.63, 3.8) is 0 Å². The molecule has 0 saturated heterocycles. The minimum absolute atomic E-state index is 0.799. The topological polar surface area (TPSA) is 35.0 Å². The molecular formula is C27H24N2O. The number of aryl methyl sites for hydroxylation is 2. The molecule has 0 fully saturated rings. The van der Waals surface area contributed by atoms with Gasteiger partial charge in [-0.25, -0.2) is 0 Å². The van der Waals surface area contributed by atoms with Gasteiger partial charge in [-0.1, -0.05) is 42.8 Å². The van der Waals surface area contributed by atoms with Crippen molar-refractivity contribution in [2.24, 2.45) is 0 Å². The Morgan fingerprint density at radius 1 is 0.567 bits per heavy atom. The van der Waals surface area contributed by atoms with E-state index in [9.17, 15) is 0 Å². The Kier molecular flexibility index (Phi) is 5.26. The van der Waals surface area contributed by atoms with E-state index in [0.29, 0.717) is 0 Å². The Bertz CT molecular complexity index is 1040. The van der Waals surface area contributed by atoms with Crippen molar-refractivity contribution in [1.29, 1.82) is 0 Å². The fourth-order valence-corrected chi connectivity index (χ4v) is 3.90. The number of rotatable bonds is 0. The lowest BCUT2D eigenvalue weighted by atomic mass is 10.0. The van der Waals surface area contributed by atoms with E-state index in [1.807, 2.05) is 48.8 Å². The molecule has 4 aromatic rings. The highest BCUT2D eigenvalue weighted by atomic mass is 16.5. The monoisotopic (exact) mass is 392 g/mol. The maximum atomic E-state index is 6.16. The number of nitrogens with zero attached hydrogens (tertiary/aromatic N) is 2. The van der Waals surface area contributed by atoms with Gasteiger partial charge < -0.3 is 4.74 Å². The van der Waals surface area contributed by atoms with Crippen molar-refractivity contribution < 1.29 is 4.74 Å². The Balaban J connectivity index is 1.51. The molecule has 0 amide bonds. The van der Waals surface area contributed by atoms with Gasteiger partial charge >= 0.3 is 0 Å². The molecule has 30 heavy (non-hydrogen) atoms. The molecule has 148 valence electrons. The van der Waals surface area contributed by atoms with E-state index in [1.165, 1.54) is 30.4 Å². The van der Waals surface area contributed by atoms with Gasteiger partial charge in [-0.05, 0) is 73.2 Å². The standard InChI is InChI=1S/C27H24N2O/c1-2-6-20-12-14-26(28-18-20)22-8-4-10-24(16-22)30-25-11-5-9-23(17-25)27-15-13-21(7-3-1)19-29-27/h4-5,8-19H,1-3,6-7H2. The molecule has 6 heterocycles. The molecule has 0 atom stereocenters. The first-order valence-electron chi connectivity index (χ1n) is 10.6. The van der Waals surface area contributed by atoms with Gasteiger partial charge in [-0.15, -0.1) is 0 Å². The molecular weight excluding hydrogens is 368 g/mol. The predicted octanol–water partition coefficient (Wildman–Crippen LogP) is 6.87. The van der Waals surface area contributed by atoms with Crippen molar-refractivity contribution in [1.82, 2.24) is 9.97 Å². The van der Waals surface area contributed by atoms with Gasteiger partial charge in [0.05, 0.1) is 11.4 Å². The summed E-state index contributed by atoms with van der Waals surface area (Å²) in [7, 11) is 0. The number of benzene rings is 2. The van der Waals surface area contributed by atoms with Gasteiger partial charge in [-0.3, -0.25) is 9.97 Å². The fourth-order valence-electron chi connectivity index (χ4n) is 3.90. The molecule has 4 aliphatic heterocycles. The third-order valence-corrected chi connectivity index (χ3v) is 5.58. The zero-order chi connectivity index (χ0) is 20.2. The summed E-state index contributed by atoms with van der Waals surface area (Å²) in [5, 5.41) is 0. The zero-order valence-corrected chi connectivity index (χ0v) is 16.9. The summed E-state index contributed by atoms with van der Waals surface area (Å²) in [6.07, 6.45) is 9.74. The van der Waals surface area contributed by atoms with Gasteiger partial charge in [0, 0.05) is 23.5 Å². The summed E-state index contributed by atoms with van der Waals surface area (Å²) in [6.45, 7) is 0. The summed E-state index contributed by atoms with van der Waals surface area (Å²) in [6, 6.07) is 24.8. The minimum Gasteiger partial charge on any atom is -0.457 e. The minimum atomic E-state index is 0.799. The first-order chi connectivity index (χ1) is 14.8. The third kappa shape index (κ3) is 4.25. The summed E-state index contributed by atoms with van der Waals surface area (Å²) in [5.41, 5.74) is 6.64. The summed E-state index contributed by atoms with van der Waals surface area (Å²) < 4.78 is 6.16. The molecule has 3 nitrogen and oxygen atoms in total. The van der Waals surface area contributed by atoms with Gasteiger partial charge in [-0.2, -0.15) is 0 Å². The van der Waals surface area contributed by atoms with Crippen LogP contribution in [0.15, 0.2) is 85.2 Å². The normalized spacial score (nSPS) is 13.6. The highest BCUT2D eigenvalue weighted by Gasteiger charge is 2.07.